The Bertz CT molecular complexity index is 108. The topological polar surface area (TPSA) is 20.2 Å². The summed E-state index contributed by atoms with van der Waals surface area (Å²) in [5, 5.41) is 9.05. The first kappa shape index (κ1) is 5.65. The lowest BCUT2D eigenvalue weighted by molar-refractivity contribution is 0.157. The van der Waals surface area contributed by atoms with E-state index in [1.807, 2.05) is 0 Å². The van der Waals surface area contributed by atoms with Crippen molar-refractivity contribution in [3.05, 3.63) is 0 Å². The van der Waals surface area contributed by atoms with Crippen LogP contribution in [-0.2, 0) is 0 Å². The minimum absolute atomic E-state index is 0.208. The van der Waals surface area contributed by atoms with Gasteiger partial charge in [0.2, 0.25) is 0 Å². The third-order valence-corrected chi connectivity index (χ3v) is 1.49. The largest absolute Gasteiger partial charge is 0.392 e. The van der Waals surface area contributed by atoms with Crippen LogP contribution in [0.5, 0.6) is 0 Å². The van der Waals surface area contributed by atoms with Crippen molar-refractivity contribution in [1.82, 2.24) is 0 Å². The fourth-order valence-corrected chi connectivity index (χ4v) is 0.768. The van der Waals surface area contributed by atoms with Crippen LogP contribution in [0.25, 0.3) is 0 Å². The third kappa shape index (κ3) is 1.24. The molecule has 1 rings (SSSR count). The molecule has 8 heavy (non-hydrogen) atoms. The van der Waals surface area contributed by atoms with E-state index in [0.29, 0.717) is 12.3 Å². The lowest BCUT2D eigenvalue weighted by atomic mass is 10.2. The summed E-state index contributed by atoms with van der Waals surface area (Å²) in [6.07, 6.45) is 7.65. The molecule has 0 aromatic heterocycles. The normalized spacial score (nSPS) is 22.0. The van der Waals surface area contributed by atoms with Gasteiger partial charge in [-0.15, -0.1) is 12.3 Å². The second-order valence-corrected chi connectivity index (χ2v) is 2.31. The van der Waals surface area contributed by atoms with Crippen LogP contribution in [0, 0.1) is 18.3 Å². The molecule has 1 saturated carbocycles. The zero-order chi connectivity index (χ0) is 5.98. The third-order valence-electron chi connectivity index (χ3n) is 1.49. The van der Waals surface area contributed by atoms with Gasteiger partial charge in [-0.1, -0.05) is 0 Å². The summed E-state index contributed by atoms with van der Waals surface area (Å²) in [5.74, 6) is 2.97. The molecule has 0 radical (unpaired) electrons. The number of hydrogen-bond donors (Lipinski definition) is 1. The van der Waals surface area contributed by atoms with Gasteiger partial charge in [0.15, 0.2) is 0 Å². The molecular formula is C7H10O. The Morgan fingerprint density at radius 1 is 1.75 bits per heavy atom. The Labute approximate surface area is 49.7 Å². The smallest absolute Gasteiger partial charge is 0.0677 e. The van der Waals surface area contributed by atoms with Crippen LogP contribution in [-0.4, -0.2) is 11.2 Å². The Hall–Kier alpha value is -0.480. The summed E-state index contributed by atoms with van der Waals surface area (Å²) in [6.45, 7) is 0. The van der Waals surface area contributed by atoms with E-state index in [1.54, 1.807) is 0 Å². The van der Waals surface area contributed by atoms with Crippen molar-refractivity contribution in [3.8, 4) is 12.3 Å². The molecule has 1 nitrogen and oxygen atoms in total. The lowest BCUT2D eigenvalue weighted by Gasteiger charge is -2.00. The van der Waals surface area contributed by atoms with Gasteiger partial charge in [0, 0.05) is 6.42 Å². The van der Waals surface area contributed by atoms with Crippen molar-refractivity contribution in [2.45, 2.75) is 25.4 Å². The Morgan fingerprint density at radius 3 is 2.75 bits per heavy atom. The van der Waals surface area contributed by atoms with Gasteiger partial charge in [0.05, 0.1) is 6.10 Å². The van der Waals surface area contributed by atoms with Crippen molar-refractivity contribution in [2.24, 2.45) is 5.92 Å². The second-order valence-electron chi connectivity index (χ2n) is 2.31. The van der Waals surface area contributed by atoms with Crippen molar-refractivity contribution in [1.29, 1.82) is 0 Å². The van der Waals surface area contributed by atoms with E-state index >= 15 is 0 Å². The predicted molar refractivity (Wildman–Crippen MR) is 32.2 cm³/mol. The molecule has 1 aliphatic rings. The van der Waals surface area contributed by atoms with E-state index in [-0.39, 0.29) is 6.10 Å². The SMILES string of the molecule is C#CC[C@@H](O)C1CC1. The molecule has 0 heterocycles. The molecular weight excluding hydrogens is 100 g/mol. The van der Waals surface area contributed by atoms with Crippen LogP contribution in [0.2, 0.25) is 0 Å². The summed E-state index contributed by atoms with van der Waals surface area (Å²) in [7, 11) is 0. The highest BCUT2D eigenvalue weighted by atomic mass is 16.3. The molecule has 0 amide bonds. The van der Waals surface area contributed by atoms with Crippen LogP contribution in [0.4, 0.5) is 0 Å². The number of aliphatic hydroxyl groups is 1. The highest BCUT2D eigenvalue weighted by Gasteiger charge is 2.28. The average molecular weight is 110 g/mol. The maximum absolute atomic E-state index is 9.05. The molecule has 0 spiro atoms. The fraction of sp³-hybridized carbons (Fsp3) is 0.714. The van der Waals surface area contributed by atoms with E-state index in [2.05, 4.69) is 5.92 Å². The van der Waals surface area contributed by atoms with Crippen molar-refractivity contribution >= 4 is 0 Å². The summed E-state index contributed by atoms with van der Waals surface area (Å²) in [5.41, 5.74) is 0. The number of rotatable bonds is 2. The average Bonchev–Trinajstić information content (AvgIpc) is 2.45. The summed E-state index contributed by atoms with van der Waals surface area (Å²) in [4.78, 5) is 0. The predicted octanol–water partition coefficient (Wildman–Crippen LogP) is 0.781. The molecule has 0 saturated heterocycles. The molecule has 0 bridgehead atoms. The Kier molecular flexibility index (Phi) is 1.55. The van der Waals surface area contributed by atoms with Gasteiger partial charge in [-0.2, -0.15) is 0 Å². The number of terminal acetylenes is 1. The van der Waals surface area contributed by atoms with Crippen LogP contribution >= 0.6 is 0 Å². The number of hydrogen-bond acceptors (Lipinski definition) is 1. The molecule has 1 atom stereocenters. The fourth-order valence-electron chi connectivity index (χ4n) is 0.768. The minimum atomic E-state index is -0.208. The second kappa shape index (κ2) is 2.19. The van der Waals surface area contributed by atoms with Crippen molar-refractivity contribution in [2.75, 3.05) is 0 Å². The van der Waals surface area contributed by atoms with Gasteiger partial charge in [0.25, 0.3) is 0 Å². The molecule has 44 valence electrons. The van der Waals surface area contributed by atoms with Crippen LogP contribution in [0.1, 0.15) is 19.3 Å². The highest BCUT2D eigenvalue weighted by molar-refractivity contribution is 4.92. The minimum Gasteiger partial charge on any atom is -0.392 e. The summed E-state index contributed by atoms with van der Waals surface area (Å²) >= 11 is 0. The van der Waals surface area contributed by atoms with Gasteiger partial charge < -0.3 is 5.11 Å². The Morgan fingerprint density at radius 2 is 2.38 bits per heavy atom. The maximum Gasteiger partial charge on any atom is 0.0677 e. The van der Waals surface area contributed by atoms with E-state index < -0.39 is 0 Å². The van der Waals surface area contributed by atoms with Gasteiger partial charge in [-0.05, 0) is 18.8 Å². The van der Waals surface area contributed by atoms with Crippen LogP contribution < -0.4 is 0 Å². The molecule has 0 aliphatic heterocycles. The Balaban J connectivity index is 2.15. The zero-order valence-electron chi connectivity index (χ0n) is 4.80. The maximum atomic E-state index is 9.05. The van der Waals surface area contributed by atoms with E-state index in [0.717, 1.165) is 0 Å². The first-order valence-corrected chi connectivity index (χ1v) is 2.96. The van der Waals surface area contributed by atoms with Crippen molar-refractivity contribution in [3.63, 3.8) is 0 Å². The van der Waals surface area contributed by atoms with Gasteiger partial charge in [0.1, 0.15) is 0 Å². The lowest BCUT2D eigenvalue weighted by Crippen LogP contribution is -2.06. The molecule has 0 unspecified atom stereocenters. The van der Waals surface area contributed by atoms with Gasteiger partial charge in [-0.3, -0.25) is 0 Å². The van der Waals surface area contributed by atoms with Crippen LogP contribution in [0.3, 0.4) is 0 Å². The molecule has 1 N–H and O–H groups in total. The quantitative estimate of drug-likeness (QED) is 0.521. The molecule has 1 fully saturated rings. The monoisotopic (exact) mass is 110 g/mol. The van der Waals surface area contributed by atoms with E-state index in [9.17, 15) is 0 Å². The standard InChI is InChI=1S/C7H10O/c1-2-3-7(8)6-4-5-6/h1,6-8H,3-5H2/t7-/m1/s1. The summed E-state index contributed by atoms with van der Waals surface area (Å²) in [6, 6.07) is 0. The van der Waals surface area contributed by atoms with Gasteiger partial charge >= 0.3 is 0 Å². The first-order valence-electron chi connectivity index (χ1n) is 2.96. The molecule has 1 aliphatic carbocycles. The van der Waals surface area contributed by atoms with Crippen LogP contribution in [0.15, 0.2) is 0 Å². The molecule has 0 aromatic rings. The van der Waals surface area contributed by atoms with Gasteiger partial charge in [-0.25, -0.2) is 0 Å². The summed E-state index contributed by atoms with van der Waals surface area (Å²) < 4.78 is 0. The molecule has 1 heteroatoms. The van der Waals surface area contributed by atoms with E-state index in [4.69, 9.17) is 11.5 Å². The zero-order valence-corrected chi connectivity index (χ0v) is 4.80. The highest BCUT2D eigenvalue weighted by Crippen LogP contribution is 2.33. The molecule has 0 aromatic carbocycles. The van der Waals surface area contributed by atoms with Crippen molar-refractivity contribution < 1.29 is 5.11 Å². The van der Waals surface area contributed by atoms with E-state index in [1.165, 1.54) is 12.8 Å². The number of aliphatic hydroxyl groups excluding tert-OH is 1. The first-order chi connectivity index (χ1) is 3.84.